The van der Waals surface area contributed by atoms with Gasteiger partial charge in [-0.05, 0) is 24.2 Å². The van der Waals surface area contributed by atoms with Gasteiger partial charge < -0.3 is 30.8 Å². The molecule has 0 aromatic rings. The van der Waals surface area contributed by atoms with Gasteiger partial charge in [0.2, 0.25) is 0 Å². The summed E-state index contributed by atoms with van der Waals surface area (Å²) in [6.07, 6.45) is -1.76. The van der Waals surface area contributed by atoms with Crippen LogP contribution in [0.15, 0.2) is 0 Å². The van der Waals surface area contributed by atoms with Crippen molar-refractivity contribution in [3.05, 3.63) is 0 Å². The van der Waals surface area contributed by atoms with Gasteiger partial charge in [-0.15, -0.1) is 11.8 Å². The van der Waals surface area contributed by atoms with Crippen LogP contribution in [0.3, 0.4) is 0 Å². The van der Waals surface area contributed by atoms with Gasteiger partial charge in [-0.25, -0.2) is 0 Å². The molecule has 1 aliphatic carbocycles. The maximum Gasteiger partial charge on any atom is 0.304 e. The third-order valence-electron chi connectivity index (χ3n) is 5.41. The van der Waals surface area contributed by atoms with E-state index < -0.39 is 29.5 Å². The lowest BCUT2D eigenvalue weighted by molar-refractivity contribution is -0.136. The van der Waals surface area contributed by atoms with Crippen LogP contribution in [0.1, 0.15) is 33.1 Å². The molecule has 0 amide bonds. The van der Waals surface area contributed by atoms with Gasteiger partial charge in [0.1, 0.15) is 6.10 Å². The molecular formula is C16H29NO6S. The first-order valence-electron chi connectivity index (χ1n) is 8.43. The van der Waals surface area contributed by atoms with Crippen LogP contribution in [0.4, 0.5) is 0 Å². The van der Waals surface area contributed by atoms with Crippen molar-refractivity contribution in [1.29, 1.82) is 0 Å². The first-order valence-corrected chi connectivity index (χ1v) is 9.37. The Labute approximate surface area is 146 Å². The van der Waals surface area contributed by atoms with Crippen molar-refractivity contribution >= 4 is 17.7 Å². The Morgan fingerprint density at radius 2 is 1.88 bits per heavy atom. The highest BCUT2D eigenvalue weighted by molar-refractivity contribution is 8.00. The maximum atomic E-state index is 10.6. The lowest BCUT2D eigenvalue weighted by atomic mass is 9.77. The highest BCUT2D eigenvalue weighted by Crippen LogP contribution is 2.51. The molecule has 1 heterocycles. The van der Waals surface area contributed by atoms with E-state index in [1.165, 1.54) is 11.8 Å². The molecule has 2 unspecified atom stereocenters. The number of aliphatic carboxylic acids is 1. The molecule has 8 heteroatoms. The Kier molecular flexibility index (Phi) is 6.55. The predicted octanol–water partition coefficient (Wildman–Crippen LogP) is -0.585. The van der Waals surface area contributed by atoms with Crippen LogP contribution < -0.4 is 5.32 Å². The summed E-state index contributed by atoms with van der Waals surface area (Å²) in [6, 6.07) is 0.161. The first-order chi connectivity index (χ1) is 11.2. The molecule has 0 bridgehead atoms. The summed E-state index contributed by atoms with van der Waals surface area (Å²) in [7, 11) is 0. The first kappa shape index (κ1) is 19.9. The molecule has 1 saturated carbocycles. The lowest BCUT2D eigenvalue weighted by Gasteiger charge is -2.45. The van der Waals surface area contributed by atoms with Crippen molar-refractivity contribution in [1.82, 2.24) is 5.32 Å². The Bertz CT molecular complexity index is 446. The molecule has 2 fully saturated rings. The predicted molar refractivity (Wildman–Crippen MR) is 90.8 cm³/mol. The number of carboxylic acids is 1. The maximum absolute atomic E-state index is 10.6. The minimum Gasteiger partial charge on any atom is -0.481 e. The van der Waals surface area contributed by atoms with Gasteiger partial charge in [-0.1, -0.05) is 13.8 Å². The summed E-state index contributed by atoms with van der Waals surface area (Å²) < 4.78 is 0. The molecule has 6 N–H and O–H groups in total. The van der Waals surface area contributed by atoms with Crippen molar-refractivity contribution in [3.8, 4) is 0 Å². The Morgan fingerprint density at radius 1 is 1.21 bits per heavy atom. The van der Waals surface area contributed by atoms with Crippen molar-refractivity contribution in [2.75, 3.05) is 13.2 Å². The molecule has 24 heavy (non-hydrogen) atoms. The molecule has 7 nitrogen and oxygen atoms in total. The van der Waals surface area contributed by atoms with Gasteiger partial charge in [-0.2, -0.15) is 0 Å². The van der Waals surface area contributed by atoms with Crippen molar-refractivity contribution in [2.24, 2.45) is 11.3 Å². The summed E-state index contributed by atoms with van der Waals surface area (Å²) in [6.45, 7) is 4.37. The third-order valence-corrected chi connectivity index (χ3v) is 7.11. The van der Waals surface area contributed by atoms with Crippen molar-refractivity contribution in [3.63, 3.8) is 0 Å². The molecule has 1 aliphatic heterocycles. The SMILES string of the molecule is CC1(C)CC(NCCC(=O)O)CC1[C@@H]1S[C@H](CO)[C@H](O)[C@H](O)[C@H]1O. The smallest absolute Gasteiger partial charge is 0.304 e. The van der Waals surface area contributed by atoms with Crippen molar-refractivity contribution < 1.29 is 30.3 Å². The number of thioether (sulfide) groups is 1. The number of carboxylic acid groups (broad SMARTS) is 1. The highest BCUT2D eigenvalue weighted by Gasteiger charge is 2.52. The highest BCUT2D eigenvalue weighted by atomic mass is 32.2. The largest absolute Gasteiger partial charge is 0.481 e. The summed E-state index contributed by atoms with van der Waals surface area (Å²) in [5.41, 5.74) is -0.0957. The molecule has 7 atom stereocenters. The average Bonchev–Trinajstić information content (AvgIpc) is 2.79. The van der Waals surface area contributed by atoms with Crippen molar-refractivity contribution in [2.45, 2.75) is 68.0 Å². The van der Waals surface area contributed by atoms with Crippen LogP contribution in [0.25, 0.3) is 0 Å². The summed E-state index contributed by atoms with van der Waals surface area (Å²) in [4.78, 5) is 10.6. The fourth-order valence-electron chi connectivity index (χ4n) is 4.08. The van der Waals surface area contributed by atoms with Crippen LogP contribution >= 0.6 is 11.8 Å². The van der Waals surface area contributed by atoms with E-state index in [4.69, 9.17) is 5.11 Å². The normalized spacial score (nSPS) is 42.2. The van der Waals surface area contributed by atoms with Crippen LogP contribution in [-0.2, 0) is 4.79 Å². The number of hydrogen-bond donors (Lipinski definition) is 6. The molecule has 0 spiro atoms. The molecule has 2 rings (SSSR count). The second-order valence-corrected chi connectivity index (χ2v) is 9.05. The van der Waals surface area contributed by atoms with Gasteiger partial charge in [0, 0.05) is 17.8 Å². The van der Waals surface area contributed by atoms with E-state index in [0.29, 0.717) is 6.54 Å². The number of aliphatic hydroxyl groups excluding tert-OH is 4. The Balaban J connectivity index is 2.05. The lowest BCUT2D eigenvalue weighted by Crippen LogP contribution is -2.56. The minimum atomic E-state index is -1.26. The van der Waals surface area contributed by atoms with Gasteiger partial charge in [0.25, 0.3) is 0 Å². The molecule has 2 aliphatic rings. The summed E-state index contributed by atoms with van der Waals surface area (Å²) in [5, 5.41) is 51.2. The number of aliphatic hydroxyl groups is 4. The van der Waals surface area contributed by atoms with Gasteiger partial charge >= 0.3 is 5.97 Å². The third kappa shape index (κ3) is 4.23. The molecule has 140 valence electrons. The monoisotopic (exact) mass is 363 g/mol. The van der Waals surface area contributed by atoms with Gasteiger partial charge in [-0.3, -0.25) is 4.79 Å². The number of rotatable bonds is 6. The van der Waals surface area contributed by atoms with E-state index in [9.17, 15) is 25.2 Å². The number of nitrogens with one attached hydrogen (secondary N) is 1. The molecule has 0 aromatic carbocycles. The zero-order valence-electron chi connectivity index (χ0n) is 14.1. The number of hydrogen-bond acceptors (Lipinski definition) is 7. The average molecular weight is 363 g/mol. The van der Waals surface area contributed by atoms with E-state index >= 15 is 0 Å². The second kappa shape index (κ2) is 7.88. The van der Waals surface area contributed by atoms with Crippen LogP contribution in [0.5, 0.6) is 0 Å². The molecular weight excluding hydrogens is 334 g/mol. The minimum absolute atomic E-state index is 0.0693. The summed E-state index contributed by atoms with van der Waals surface area (Å²) >= 11 is 1.35. The fourth-order valence-corrected chi connectivity index (χ4v) is 5.88. The molecule has 0 aromatic heterocycles. The summed E-state index contributed by atoms with van der Waals surface area (Å²) in [5.74, 6) is -0.742. The quantitative estimate of drug-likeness (QED) is 0.369. The number of carbonyl (C=O) groups is 1. The van der Waals surface area contributed by atoms with E-state index in [0.717, 1.165) is 12.8 Å². The van der Waals surface area contributed by atoms with Crippen LogP contribution in [0.2, 0.25) is 0 Å². The topological polar surface area (TPSA) is 130 Å². The van der Waals surface area contributed by atoms with Gasteiger partial charge in [0.15, 0.2) is 0 Å². The zero-order chi connectivity index (χ0) is 18.1. The Hall–Kier alpha value is -0.380. The van der Waals surface area contributed by atoms with E-state index in [1.807, 2.05) is 0 Å². The van der Waals surface area contributed by atoms with E-state index in [-0.39, 0.29) is 35.7 Å². The van der Waals surface area contributed by atoms with Crippen LogP contribution in [-0.4, -0.2) is 79.5 Å². The Morgan fingerprint density at radius 3 is 2.46 bits per heavy atom. The van der Waals surface area contributed by atoms with E-state index in [1.54, 1.807) is 0 Å². The van der Waals surface area contributed by atoms with E-state index in [2.05, 4.69) is 19.2 Å². The second-order valence-electron chi connectivity index (χ2n) is 7.62. The standard InChI is InChI=1S/C16H29NO6S/c1-16(2)6-8(17-4-3-11(19)20)5-9(16)15-14(23)13(22)12(21)10(7-18)24-15/h8-10,12-15,17-18,21-23H,3-7H2,1-2H3,(H,19,20)/t8?,9?,10-,12+,13+,14-,15+/m1/s1. The zero-order valence-corrected chi connectivity index (χ0v) is 14.9. The molecule has 1 saturated heterocycles. The van der Waals surface area contributed by atoms with Gasteiger partial charge in [0.05, 0.1) is 30.5 Å². The molecule has 0 radical (unpaired) electrons. The fraction of sp³-hybridized carbons (Fsp3) is 0.938. The van der Waals surface area contributed by atoms with Crippen LogP contribution in [0, 0.1) is 11.3 Å².